The summed E-state index contributed by atoms with van der Waals surface area (Å²) >= 11 is 0. The van der Waals surface area contributed by atoms with Crippen LogP contribution in [0.25, 0.3) is 0 Å². The van der Waals surface area contributed by atoms with Crippen LogP contribution in [0.15, 0.2) is 5.10 Å². The van der Waals surface area contributed by atoms with Crippen LogP contribution in [0, 0.1) is 5.41 Å². The van der Waals surface area contributed by atoms with Crippen LogP contribution in [0.1, 0.15) is 47.0 Å². The van der Waals surface area contributed by atoms with E-state index in [1.807, 2.05) is 6.34 Å². The maximum Gasteiger partial charge on any atom is 0.116 e. The van der Waals surface area contributed by atoms with E-state index in [-0.39, 0.29) is 0 Å². The van der Waals surface area contributed by atoms with Gasteiger partial charge in [0.05, 0.1) is 0 Å². The number of hydrazone groups is 1. The quantitative estimate of drug-likeness (QED) is 0.749. The van der Waals surface area contributed by atoms with Gasteiger partial charge in [-0.05, 0) is 18.3 Å². The standard InChI is InChI=1S/C11H23N3/c1-5-6-7-10-13-12-9-14(10)8-11(2,3)4/h9-10,13H,5-8H2,1-4H3. The fourth-order valence-electron chi connectivity index (χ4n) is 1.67. The maximum atomic E-state index is 4.13. The van der Waals surface area contributed by atoms with Crippen molar-refractivity contribution < 1.29 is 0 Å². The summed E-state index contributed by atoms with van der Waals surface area (Å²) in [4.78, 5) is 2.32. The Morgan fingerprint density at radius 1 is 1.43 bits per heavy atom. The Labute approximate surface area is 87.6 Å². The van der Waals surface area contributed by atoms with Crippen molar-refractivity contribution in [2.24, 2.45) is 10.5 Å². The minimum absolute atomic E-state index is 0.336. The molecule has 0 aromatic rings. The van der Waals surface area contributed by atoms with Gasteiger partial charge in [-0.2, -0.15) is 5.10 Å². The normalized spacial score (nSPS) is 21.4. The van der Waals surface area contributed by atoms with Crippen molar-refractivity contribution in [2.75, 3.05) is 6.54 Å². The van der Waals surface area contributed by atoms with Crippen LogP contribution in [-0.4, -0.2) is 23.9 Å². The predicted molar refractivity (Wildman–Crippen MR) is 61.1 cm³/mol. The van der Waals surface area contributed by atoms with Gasteiger partial charge in [-0.15, -0.1) is 0 Å². The first-order valence-electron chi connectivity index (χ1n) is 5.57. The lowest BCUT2D eigenvalue weighted by Gasteiger charge is -2.30. The first kappa shape index (κ1) is 11.3. The van der Waals surface area contributed by atoms with Gasteiger partial charge in [-0.1, -0.05) is 34.1 Å². The number of nitrogens with zero attached hydrogens (tertiary/aromatic N) is 2. The van der Waals surface area contributed by atoms with Gasteiger partial charge in [0, 0.05) is 6.54 Å². The first-order valence-corrected chi connectivity index (χ1v) is 5.57. The fourth-order valence-corrected chi connectivity index (χ4v) is 1.67. The minimum Gasteiger partial charge on any atom is -0.339 e. The second-order valence-electron chi connectivity index (χ2n) is 5.26. The monoisotopic (exact) mass is 197 g/mol. The largest absolute Gasteiger partial charge is 0.339 e. The Hall–Kier alpha value is -0.730. The van der Waals surface area contributed by atoms with E-state index < -0.39 is 0 Å². The molecular weight excluding hydrogens is 174 g/mol. The van der Waals surface area contributed by atoms with E-state index >= 15 is 0 Å². The molecule has 0 aromatic heterocycles. The van der Waals surface area contributed by atoms with Crippen molar-refractivity contribution in [3.05, 3.63) is 0 Å². The van der Waals surface area contributed by atoms with Crippen LogP contribution in [0.4, 0.5) is 0 Å². The number of unbranched alkanes of at least 4 members (excludes halogenated alkanes) is 1. The molecule has 1 unspecified atom stereocenters. The summed E-state index contributed by atoms with van der Waals surface area (Å²) in [6, 6.07) is 0. The number of nitrogens with one attached hydrogen (secondary N) is 1. The molecule has 0 radical (unpaired) electrons. The van der Waals surface area contributed by atoms with Crippen molar-refractivity contribution in [2.45, 2.75) is 53.1 Å². The van der Waals surface area contributed by atoms with Gasteiger partial charge in [0.25, 0.3) is 0 Å². The molecule has 0 bridgehead atoms. The van der Waals surface area contributed by atoms with Crippen LogP contribution in [0.5, 0.6) is 0 Å². The summed E-state index contributed by atoms with van der Waals surface area (Å²) < 4.78 is 0. The highest BCUT2D eigenvalue weighted by Gasteiger charge is 2.23. The molecular formula is C11H23N3. The van der Waals surface area contributed by atoms with E-state index in [0.29, 0.717) is 11.6 Å². The molecule has 0 saturated heterocycles. The molecule has 14 heavy (non-hydrogen) atoms. The van der Waals surface area contributed by atoms with Crippen molar-refractivity contribution in [1.29, 1.82) is 0 Å². The summed E-state index contributed by atoms with van der Waals surface area (Å²) in [6.07, 6.45) is 6.07. The third-order valence-electron chi connectivity index (χ3n) is 2.32. The van der Waals surface area contributed by atoms with E-state index in [1.54, 1.807) is 0 Å². The van der Waals surface area contributed by atoms with Gasteiger partial charge in [0.1, 0.15) is 12.5 Å². The first-order chi connectivity index (χ1) is 6.53. The smallest absolute Gasteiger partial charge is 0.116 e. The molecule has 1 atom stereocenters. The van der Waals surface area contributed by atoms with Crippen molar-refractivity contribution in [3.8, 4) is 0 Å². The predicted octanol–water partition coefficient (Wildman–Crippen LogP) is 2.40. The van der Waals surface area contributed by atoms with E-state index in [4.69, 9.17) is 0 Å². The molecule has 3 heteroatoms. The second-order valence-corrected chi connectivity index (χ2v) is 5.26. The zero-order chi connectivity index (χ0) is 10.6. The van der Waals surface area contributed by atoms with Gasteiger partial charge >= 0.3 is 0 Å². The summed E-state index contributed by atoms with van der Waals surface area (Å²) in [7, 11) is 0. The molecule has 1 rings (SSSR count). The average Bonchev–Trinajstić information content (AvgIpc) is 2.45. The molecule has 0 fully saturated rings. The Morgan fingerprint density at radius 2 is 2.14 bits per heavy atom. The molecule has 0 aliphatic carbocycles. The third-order valence-corrected chi connectivity index (χ3v) is 2.32. The lowest BCUT2D eigenvalue weighted by atomic mass is 9.96. The van der Waals surface area contributed by atoms with E-state index in [2.05, 4.69) is 43.1 Å². The van der Waals surface area contributed by atoms with Crippen LogP contribution in [0.3, 0.4) is 0 Å². The van der Waals surface area contributed by atoms with Crippen LogP contribution < -0.4 is 5.43 Å². The molecule has 3 nitrogen and oxygen atoms in total. The third kappa shape index (κ3) is 3.56. The molecule has 0 aromatic carbocycles. The number of rotatable bonds is 4. The molecule has 1 aliphatic rings. The highest BCUT2D eigenvalue weighted by atomic mass is 15.5. The Balaban J connectivity index is 2.38. The summed E-state index contributed by atoms with van der Waals surface area (Å²) in [6.45, 7) is 10.1. The van der Waals surface area contributed by atoms with Gasteiger partial charge in [-0.3, -0.25) is 5.43 Å². The lowest BCUT2D eigenvalue weighted by molar-refractivity contribution is 0.212. The minimum atomic E-state index is 0.336. The fraction of sp³-hybridized carbons (Fsp3) is 0.909. The molecule has 0 spiro atoms. The Morgan fingerprint density at radius 3 is 2.71 bits per heavy atom. The lowest BCUT2D eigenvalue weighted by Crippen LogP contribution is -2.41. The Bertz CT molecular complexity index is 193. The molecule has 1 aliphatic heterocycles. The van der Waals surface area contributed by atoms with Crippen molar-refractivity contribution >= 4 is 6.34 Å². The zero-order valence-electron chi connectivity index (χ0n) is 9.88. The average molecular weight is 197 g/mol. The maximum absolute atomic E-state index is 4.13. The summed E-state index contributed by atoms with van der Waals surface area (Å²) in [5.74, 6) is 0. The SMILES string of the molecule is CCCCC1NN=CN1CC(C)(C)C. The number of hydrogen-bond acceptors (Lipinski definition) is 3. The summed E-state index contributed by atoms with van der Waals surface area (Å²) in [5.41, 5.74) is 3.50. The topological polar surface area (TPSA) is 27.6 Å². The molecule has 1 N–H and O–H groups in total. The highest BCUT2D eigenvalue weighted by molar-refractivity contribution is 5.57. The van der Waals surface area contributed by atoms with Crippen molar-refractivity contribution in [3.63, 3.8) is 0 Å². The van der Waals surface area contributed by atoms with Gasteiger partial charge < -0.3 is 4.90 Å². The molecule has 0 amide bonds. The highest BCUT2D eigenvalue weighted by Crippen LogP contribution is 2.18. The second kappa shape index (κ2) is 4.67. The molecule has 82 valence electrons. The zero-order valence-corrected chi connectivity index (χ0v) is 9.88. The molecule has 0 saturated carbocycles. The van der Waals surface area contributed by atoms with Crippen LogP contribution in [0.2, 0.25) is 0 Å². The number of hydrogen-bond donors (Lipinski definition) is 1. The van der Waals surface area contributed by atoms with E-state index in [1.165, 1.54) is 19.3 Å². The van der Waals surface area contributed by atoms with Gasteiger partial charge in [0.15, 0.2) is 0 Å². The van der Waals surface area contributed by atoms with E-state index in [0.717, 1.165) is 6.54 Å². The van der Waals surface area contributed by atoms with E-state index in [9.17, 15) is 0 Å². The van der Waals surface area contributed by atoms with Crippen molar-refractivity contribution in [1.82, 2.24) is 10.3 Å². The Kier molecular flexibility index (Phi) is 3.78. The van der Waals surface area contributed by atoms with Gasteiger partial charge in [0.2, 0.25) is 0 Å². The summed E-state index contributed by atoms with van der Waals surface area (Å²) in [5, 5.41) is 4.13. The van der Waals surface area contributed by atoms with Crippen LogP contribution >= 0.6 is 0 Å². The molecule has 1 heterocycles. The van der Waals surface area contributed by atoms with Gasteiger partial charge in [-0.25, -0.2) is 0 Å². The van der Waals surface area contributed by atoms with Crippen LogP contribution in [-0.2, 0) is 0 Å².